The molecule has 1 aromatic rings. The van der Waals surface area contributed by atoms with Crippen LogP contribution in [0.4, 0.5) is 0 Å². The topological polar surface area (TPSA) is 0 Å². The van der Waals surface area contributed by atoms with Crippen molar-refractivity contribution < 1.29 is 4.48 Å². The molecule has 0 atom stereocenters. The third kappa shape index (κ3) is 3.92. The molecular formula is C11H17BrN+. The minimum atomic E-state index is 1.04. The zero-order chi connectivity index (χ0) is 9.73. The summed E-state index contributed by atoms with van der Waals surface area (Å²) in [5.74, 6) is 0. The normalized spacial score (nSPS) is 11.6. The minimum absolute atomic E-state index is 1.04. The number of halogens is 1. The van der Waals surface area contributed by atoms with Crippen molar-refractivity contribution >= 4 is 15.9 Å². The predicted octanol–water partition coefficient (Wildman–Crippen LogP) is 2.66. The van der Waals surface area contributed by atoms with E-state index in [9.17, 15) is 0 Å². The summed E-state index contributed by atoms with van der Waals surface area (Å²) < 4.78 is 1.04. The van der Waals surface area contributed by atoms with E-state index >= 15 is 0 Å². The maximum atomic E-state index is 3.48. The van der Waals surface area contributed by atoms with Gasteiger partial charge in [-0.1, -0.05) is 46.3 Å². The van der Waals surface area contributed by atoms with E-state index in [0.29, 0.717) is 0 Å². The molecule has 0 aliphatic heterocycles. The van der Waals surface area contributed by atoms with E-state index in [-0.39, 0.29) is 0 Å². The van der Waals surface area contributed by atoms with Crippen molar-refractivity contribution in [2.24, 2.45) is 0 Å². The molecule has 0 saturated heterocycles. The molecule has 0 aromatic heterocycles. The highest BCUT2D eigenvalue weighted by Gasteiger charge is 2.13. The molecule has 0 amide bonds. The van der Waals surface area contributed by atoms with Crippen LogP contribution in [0.15, 0.2) is 30.3 Å². The Morgan fingerprint density at radius 1 is 1.15 bits per heavy atom. The average Bonchev–Trinajstić information content (AvgIpc) is 2.04. The van der Waals surface area contributed by atoms with Gasteiger partial charge in [0.15, 0.2) is 0 Å². The highest BCUT2D eigenvalue weighted by molar-refractivity contribution is 9.09. The first-order valence-corrected chi connectivity index (χ1v) is 5.68. The van der Waals surface area contributed by atoms with Gasteiger partial charge in [0.25, 0.3) is 0 Å². The van der Waals surface area contributed by atoms with Gasteiger partial charge in [0.1, 0.15) is 6.54 Å². The molecule has 0 spiro atoms. The van der Waals surface area contributed by atoms with Crippen LogP contribution in [0.3, 0.4) is 0 Å². The molecule has 72 valence electrons. The molecule has 0 heterocycles. The fraction of sp³-hybridized carbons (Fsp3) is 0.455. The summed E-state index contributed by atoms with van der Waals surface area (Å²) in [6.07, 6.45) is 0. The Kier molecular flexibility index (Phi) is 3.94. The molecule has 0 aliphatic rings. The van der Waals surface area contributed by atoms with E-state index in [1.807, 2.05) is 0 Å². The quantitative estimate of drug-likeness (QED) is 0.563. The van der Waals surface area contributed by atoms with Gasteiger partial charge in [-0.25, -0.2) is 0 Å². The summed E-state index contributed by atoms with van der Waals surface area (Å²) in [7, 11) is 4.52. The van der Waals surface area contributed by atoms with Gasteiger partial charge in [-0.05, 0) is 0 Å². The lowest BCUT2D eigenvalue weighted by atomic mass is 10.2. The second-order valence-corrected chi connectivity index (χ2v) is 4.79. The Balaban J connectivity index is 2.58. The molecule has 0 radical (unpaired) electrons. The molecule has 0 aliphatic carbocycles. The highest BCUT2D eigenvalue weighted by atomic mass is 79.9. The minimum Gasteiger partial charge on any atom is -0.324 e. The van der Waals surface area contributed by atoms with Crippen molar-refractivity contribution in [3.05, 3.63) is 35.9 Å². The molecule has 0 saturated carbocycles. The monoisotopic (exact) mass is 242 g/mol. The van der Waals surface area contributed by atoms with E-state index in [2.05, 4.69) is 60.4 Å². The Labute approximate surface area is 89.1 Å². The van der Waals surface area contributed by atoms with Crippen molar-refractivity contribution in [1.82, 2.24) is 0 Å². The molecule has 1 aromatic carbocycles. The Bertz CT molecular complexity index is 244. The van der Waals surface area contributed by atoms with E-state index in [4.69, 9.17) is 0 Å². The zero-order valence-electron chi connectivity index (χ0n) is 8.33. The van der Waals surface area contributed by atoms with Crippen LogP contribution in [0.1, 0.15) is 5.56 Å². The van der Waals surface area contributed by atoms with Crippen LogP contribution in [0.5, 0.6) is 0 Å². The van der Waals surface area contributed by atoms with Crippen LogP contribution in [-0.4, -0.2) is 30.5 Å². The maximum Gasteiger partial charge on any atom is 0.104 e. The Morgan fingerprint density at radius 3 is 2.31 bits per heavy atom. The molecule has 0 bridgehead atoms. The van der Waals surface area contributed by atoms with E-state index < -0.39 is 0 Å². The highest BCUT2D eigenvalue weighted by Crippen LogP contribution is 2.08. The first kappa shape index (κ1) is 10.7. The summed E-state index contributed by atoms with van der Waals surface area (Å²) >= 11 is 3.48. The van der Waals surface area contributed by atoms with Crippen LogP contribution in [0.2, 0.25) is 0 Å². The summed E-state index contributed by atoms with van der Waals surface area (Å²) in [4.78, 5) is 0. The van der Waals surface area contributed by atoms with E-state index in [1.165, 1.54) is 5.56 Å². The van der Waals surface area contributed by atoms with Crippen LogP contribution >= 0.6 is 15.9 Å². The Hall–Kier alpha value is -0.340. The first-order valence-electron chi connectivity index (χ1n) is 4.56. The van der Waals surface area contributed by atoms with Gasteiger partial charge in [0, 0.05) is 5.56 Å². The van der Waals surface area contributed by atoms with Crippen molar-refractivity contribution in [1.29, 1.82) is 0 Å². The number of hydrogen-bond acceptors (Lipinski definition) is 0. The standard InChI is InChI=1S/C11H17BrN/c1-13(2,9-8-12)10-11-6-4-3-5-7-11/h3-7H,8-10H2,1-2H3/q+1. The molecule has 1 nitrogen and oxygen atoms in total. The first-order chi connectivity index (χ1) is 6.14. The second kappa shape index (κ2) is 4.77. The number of benzene rings is 1. The summed E-state index contributed by atoms with van der Waals surface area (Å²) in [6.45, 7) is 2.27. The summed E-state index contributed by atoms with van der Waals surface area (Å²) in [5.41, 5.74) is 1.41. The zero-order valence-corrected chi connectivity index (χ0v) is 9.92. The summed E-state index contributed by atoms with van der Waals surface area (Å²) in [6, 6.07) is 10.6. The summed E-state index contributed by atoms with van der Waals surface area (Å²) in [5, 5.41) is 1.06. The lowest BCUT2D eigenvalue weighted by Crippen LogP contribution is -2.40. The second-order valence-electron chi connectivity index (χ2n) is 3.99. The van der Waals surface area contributed by atoms with Crippen LogP contribution in [0.25, 0.3) is 0 Å². The molecule has 0 fully saturated rings. The Morgan fingerprint density at radius 2 is 1.77 bits per heavy atom. The van der Waals surface area contributed by atoms with Gasteiger partial charge in [0.05, 0.1) is 26.0 Å². The van der Waals surface area contributed by atoms with Crippen molar-refractivity contribution in [2.75, 3.05) is 26.0 Å². The number of nitrogens with zero attached hydrogens (tertiary/aromatic N) is 1. The van der Waals surface area contributed by atoms with Gasteiger partial charge in [0.2, 0.25) is 0 Å². The third-order valence-corrected chi connectivity index (χ3v) is 2.50. The molecule has 2 heteroatoms. The number of rotatable bonds is 4. The third-order valence-electron chi connectivity index (χ3n) is 2.14. The van der Waals surface area contributed by atoms with Gasteiger partial charge in [-0.15, -0.1) is 0 Å². The van der Waals surface area contributed by atoms with E-state index in [1.54, 1.807) is 0 Å². The van der Waals surface area contributed by atoms with Crippen LogP contribution in [-0.2, 0) is 6.54 Å². The number of quaternary nitrogens is 1. The number of hydrogen-bond donors (Lipinski definition) is 0. The molecular weight excluding hydrogens is 226 g/mol. The van der Waals surface area contributed by atoms with Crippen LogP contribution in [0, 0.1) is 0 Å². The predicted molar refractivity (Wildman–Crippen MR) is 60.9 cm³/mol. The lowest BCUT2D eigenvalue weighted by molar-refractivity contribution is -0.901. The van der Waals surface area contributed by atoms with Crippen molar-refractivity contribution in [2.45, 2.75) is 6.54 Å². The van der Waals surface area contributed by atoms with Gasteiger partial charge in [-0.3, -0.25) is 0 Å². The van der Waals surface area contributed by atoms with E-state index in [0.717, 1.165) is 22.9 Å². The fourth-order valence-electron chi connectivity index (χ4n) is 1.39. The van der Waals surface area contributed by atoms with Crippen LogP contribution < -0.4 is 0 Å². The molecule has 13 heavy (non-hydrogen) atoms. The van der Waals surface area contributed by atoms with Gasteiger partial charge >= 0.3 is 0 Å². The van der Waals surface area contributed by atoms with Crippen molar-refractivity contribution in [3.8, 4) is 0 Å². The van der Waals surface area contributed by atoms with Crippen molar-refractivity contribution in [3.63, 3.8) is 0 Å². The fourth-order valence-corrected chi connectivity index (χ4v) is 2.35. The molecule has 0 N–H and O–H groups in total. The largest absolute Gasteiger partial charge is 0.324 e. The van der Waals surface area contributed by atoms with Gasteiger partial charge < -0.3 is 4.48 Å². The SMILES string of the molecule is C[N+](C)(CCBr)Cc1ccccc1. The maximum absolute atomic E-state index is 3.48. The van der Waals surface area contributed by atoms with Gasteiger partial charge in [-0.2, -0.15) is 0 Å². The molecule has 0 unspecified atom stereocenters. The molecule has 1 rings (SSSR count). The number of alkyl halides is 1. The average molecular weight is 243 g/mol. The smallest absolute Gasteiger partial charge is 0.104 e. The lowest BCUT2D eigenvalue weighted by Gasteiger charge is -2.29.